The molecule has 0 atom stereocenters. The number of likely N-dealkylation sites (tertiary alicyclic amines) is 1. The molecule has 0 radical (unpaired) electrons. The molecule has 2 heterocycles. The van der Waals surface area contributed by atoms with Crippen LogP contribution in [0, 0.1) is 5.82 Å². The molecule has 2 aromatic carbocycles. The summed E-state index contributed by atoms with van der Waals surface area (Å²) >= 11 is 0. The SMILES string of the molecule is O=C(NCC(=O)N1CCC(Nc2ccc(C(F)(F)F)c(F)c2)CC1)c1cc(-c2ccccc2)n[nH]1. The topological polar surface area (TPSA) is 90.1 Å². The number of H-pyrrole nitrogens is 1. The number of benzene rings is 2. The number of halogens is 4. The third-order valence-electron chi connectivity index (χ3n) is 5.79. The number of hydrogen-bond acceptors (Lipinski definition) is 4. The molecule has 4 rings (SSSR count). The maximum Gasteiger partial charge on any atom is 0.419 e. The molecule has 1 fully saturated rings. The Hall–Kier alpha value is -3.89. The molecule has 184 valence electrons. The highest BCUT2D eigenvalue weighted by Gasteiger charge is 2.34. The molecule has 0 aliphatic carbocycles. The largest absolute Gasteiger partial charge is 0.419 e. The highest BCUT2D eigenvalue weighted by atomic mass is 19.4. The lowest BCUT2D eigenvalue weighted by Gasteiger charge is -2.33. The Kier molecular flexibility index (Phi) is 7.04. The molecule has 11 heteroatoms. The lowest BCUT2D eigenvalue weighted by Crippen LogP contribution is -2.46. The van der Waals surface area contributed by atoms with Crippen molar-refractivity contribution in [3.8, 4) is 11.3 Å². The summed E-state index contributed by atoms with van der Waals surface area (Å²) in [6.45, 7) is 0.621. The third kappa shape index (κ3) is 5.97. The summed E-state index contributed by atoms with van der Waals surface area (Å²) in [5.74, 6) is -2.03. The minimum absolute atomic E-state index is 0.119. The van der Waals surface area contributed by atoms with E-state index >= 15 is 0 Å². The first-order valence-corrected chi connectivity index (χ1v) is 11.0. The third-order valence-corrected chi connectivity index (χ3v) is 5.79. The number of carbonyl (C=O) groups excluding carboxylic acids is 2. The summed E-state index contributed by atoms with van der Waals surface area (Å²) in [5, 5.41) is 12.4. The van der Waals surface area contributed by atoms with Crippen molar-refractivity contribution in [2.45, 2.75) is 25.1 Å². The van der Waals surface area contributed by atoms with Gasteiger partial charge in [-0.1, -0.05) is 30.3 Å². The van der Waals surface area contributed by atoms with Gasteiger partial charge in [-0.25, -0.2) is 4.39 Å². The quantitative estimate of drug-likeness (QED) is 0.456. The zero-order valence-electron chi connectivity index (χ0n) is 18.5. The van der Waals surface area contributed by atoms with E-state index in [1.807, 2.05) is 30.3 Å². The maximum absolute atomic E-state index is 13.8. The number of carbonyl (C=O) groups is 2. The van der Waals surface area contributed by atoms with Crippen molar-refractivity contribution >= 4 is 17.5 Å². The zero-order valence-corrected chi connectivity index (χ0v) is 18.5. The highest BCUT2D eigenvalue weighted by Crippen LogP contribution is 2.32. The molecule has 2 amide bonds. The van der Waals surface area contributed by atoms with Gasteiger partial charge in [-0.3, -0.25) is 14.7 Å². The number of hydrogen-bond donors (Lipinski definition) is 3. The second-order valence-corrected chi connectivity index (χ2v) is 8.21. The number of amides is 2. The van der Waals surface area contributed by atoms with Crippen LogP contribution >= 0.6 is 0 Å². The molecule has 1 aliphatic heterocycles. The minimum atomic E-state index is -4.74. The van der Waals surface area contributed by atoms with Gasteiger partial charge in [0.2, 0.25) is 5.91 Å². The average Bonchev–Trinajstić information content (AvgIpc) is 3.33. The summed E-state index contributed by atoms with van der Waals surface area (Å²) in [6.07, 6.45) is -3.68. The van der Waals surface area contributed by atoms with Gasteiger partial charge in [-0.05, 0) is 37.1 Å². The first kappa shape index (κ1) is 24.2. The van der Waals surface area contributed by atoms with E-state index in [4.69, 9.17) is 0 Å². The number of aromatic amines is 1. The molecular weight excluding hydrogens is 466 g/mol. The Bertz CT molecular complexity index is 1190. The first-order valence-electron chi connectivity index (χ1n) is 11.0. The van der Waals surface area contributed by atoms with E-state index in [0.29, 0.717) is 37.7 Å². The standard InChI is InChI=1S/C24H23F4N5O2/c25-19-12-17(6-7-18(19)24(26,27)28)30-16-8-10-33(11-9-16)22(34)14-29-23(35)21-13-20(31-32-21)15-4-2-1-3-5-15/h1-7,12-13,16,30H,8-11,14H2,(H,29,35)(H,31,32). The van der Waals surface area contributed by atoms with Gasteiger partial charge in [-0.2, -0.15) is 18.3 Å². The van der Waals surface area contributed by atoms with Gasteiger partial charge in [0.15, 0.2) is 0 Å². The first-order chi connectivity index (χ1) is 16.7. The fourth-order valence-corrected chi connectivity index (χ4v) is 3.90. The van der Waals surface area contributed by atoms with Gasteiger partial charge in [0.25, 0.3) is 5.91 Å². The Morgan fingerprint density at radius 3 is 2.43 bits per heavy atom. The van der Waals surface area contributed by atoms with E-state index < -0.39 is 23.5 Å². The van der Waals surface area contributed by atoms with E-state index in [1.165, 1.54) is 6.07 Å². The second-order valence-electron chi connectivity index (χ2n) is 8.21. The fourth-order valence-electron chi connectivity index (χ4n) is 3.90. The van der Waals surface area contributed by atoms with E-state index in [1.54, 1.807) is 11.0 Å². The summed E-state index contributed by atoms with van der Waals surface area (Å²) in [7, 11) is 0. The summed E-state index contributed by atoms with van der Waals surface area (Å²) < 4.78 is 51.9. The lowest BCUT2D eigenvalue weighted by atomic mass is 10.0. The van der Waals surface area contributed by atoms with Crippen LogP contribution in [-0.2, 0) is 11.0 Å². The van der Waals surface area contributed by atoms with Crippen molar-refractivity contribution in [1.82, 2.24) is 20.4 Å². The number of anilines is 1. The number of alkyl halides is 3. The highest BCUT2D eigenvalue weighted by molar-refractivity contribution is 5.95. The summed E-state index contributed by atoms with van der Waals surface area (Å²) in [6, 6.07) is 13.6. The smallest absolute Gasteiger partial charge is 0.382 e. The molecule has 7 nitrogen and oxygen atoms in total. The Morgan fingerprint density at radius 1 is 1.06 bits per heavy atom. The molecule has 0 bridgehead atoms. The number of nitrogens with one attached hydrogen (secondary N) is 3. The molecule has 35 heavy (non-hydrogen) atoms. The molecule has 3 aromatic rings. The summed E-state index contributed by atoms with van der Waals surface area (Å²) in [4.78, 5) is 26.5. The van der Waals surface area contributed by atoms with Crippen molar-refractivity contribution in [1.29, 1.82) is 0 Å². The number of rotatable bonds is 6. The van der Waals surface area contributed by atoms with Gasteiger partial charge in [-0.15, -0.1) is 0 Å². The zero-order chi connectivity index (χ0) is 25.0. The van der Waals surface area contributed by atoms with E-state index in [2.05, 4.69) is 20.8 Å². The number of piperidine rings is 1. The lowest BCUT2D eigenvalue weighted by molar-refractivity contribution is -0.140. The van der Waals surface area contributed by atoms with Crippen molar-refractivity contribution in [2.24, 2.45) is 0 Å². The number of nitrogens with zero attached hydrogens (tertiary/aromatic N) is 2. The van der Waals surface area contributed by atoms with Crippen LogP contribution in [0.15, 0.2) is 54.6 Å². The van der Waals surface area contributed by atoms with Gasteiger partial charge in [0, 0.05) is 30.4 Å². The van der Waals surface area contributed by atoms with Crippen LogP contribution in [0.3, 0.4) is 0 Å². The normalized spacial score (nSPS) is 14.6. The summed E-state index contributed by atoms with van der Waals surface area (Å²) in [5.41, 5.74) is 0.654. The van der Waals surface area contributed by atoms with Crippen molar-refractivity contribution in [3.63, 3.8) is 0 Å². The van der Waals surface area contributed by atoms with E-state index in [-0.39, 0.29) is 29.9 Å². The number of aromatic nitrogens is 2. The van der Waals surface area contributed by atoms with Gasteiger partial charge >= 0.3 is 6.18 Å². The van der Waals surface area contributed by atoms with Crippen molar-refractivity contribution < 1.29 is 27.2 Å². The van der Waals surface area contributed by atoms with Gasteiger partial charge in [0.1, 0.15) is 11.5 Å². The Labute approximate surface area is 198 Å². The van der Waals surface area contributed by atoms with E-state index in [9.17, 15) is 27.2 Å². The van der Waals surface area contributed by atoms with Gasteiger partial charge < -0.3 is 15.5 Å². The van der Waals surface area contributed by atoms with Crippen LogP contribution in [0.4, 0.5) is 23.2 Å². The molecular formula is C24H23F4N5O2. The average molecular weight is 489 g/mol. The van der Waals surface area contributed by atoms with Crippen LogP contribution in [0.5, 0.6) is 0 Å². The Morgan fingerprint density at radius 2 is 1.77 bits per heavy atom. The molecule has 3 N–H and O–H groups in total. The molecule has 1 saturated heterocycles. The second kappa shape index (κ2) is 10.2. The van der Waals surface area contributed by atoms with Crippen molar-refractivity contribution in [2.75, 3.05) is 25.0 Å². The fraction of sp³-hybridized carbons (Fsp3) is 0.292. The predicted molar refractivity (Wildman–Crippen MR) is 121 cm³/mol. The predicted octanol–water partition coefficient (Wildman–Crippen LogP) is 4.07. The van der Waals surface area contributed by atoms with Crippen LogP contribution in [0.2, 0.25) is 0 Å². The molecule has 1 aromatic heterocycles. The Balaban J connectivity index is 1.23. The molecule has 0 unspecified atom stereocenters. The monoisotopic (exact) mass is 489 g/mol. The van der Waals surface area contributed by atoms with Crippen LogP contribution in [0.25, 0.3) is 11.3 Å². The van der Waals surface area contributed by atoms with Crippen LogP contribution in [-0.4, -0.2) is 52.6 Å². The van der Waals surface area contributed by atoms with Crippen LogP contribution < -0.4 is 10.6 Å². The molecule has 1 aliphatic rings. The maximum atomic E-state index is 13.8. The van der Waals surface area contributed by atoms with Gasteiger partial charge in [0.05, 0.1) is 17.8 Å². The van der Waals surface area contributed by atoms with E-state index in [0.717, 1.165) is 11.6 Å². The molecule has 0 spiro atoms. The minimum Gasteiger partial charge on any atom is -0.382 e. The van der Waals surface area contributed by atoms with Crippen LogP contribution in [0.1, 0.15) is 28.9 Å². The molecule has 0 saturated carbocycles. The van der Waals surface area contributed by atoms with Crippen molar-refractivity contribution in [3.05, 3.63) is 71.7 Å².